The quantitative estimate of drug-likeness (QED) is 0.865. The smallest absolute Gasteiger partial charge is 0.243 e. The van der Waals surface area contributed by atoms with E-state index in [-0.39, 0.29) is 11.5 Å². The SMILES string of the molecule is COc1ccc(Br)c(CNC(C)c2nc(C(C)(C)C)no2)c1. The molecule has 1 aromatic heterocycles. The Morgan fingerprint density at radius 1 is 1.36 bits per heavy atom. The lowest BCUT2D eigenvalue weighted by atomic mass is 9.96. The Morgan fingerprint density at radius 2 is 2.09 bits per heavy atom. The molecule has 0 saturated heterocycles. The lowest BCUT2D eigenvalue weighted by Gasteiger charge is -2.13. The summed E-state index contributed by atoms with van der Waals surface area (Å²) in [7, 11) is 1.66. The maximum atomic E-state index is 5.36. The van der Waals surface area contributed by atoms with E-state index < -0.39 is 0 Å². The standard InChI is InChI=1S/C16H22BrN3O2/c1-10(14-19-15(20-22-14)16(2,3)4)18-9-11-8-12(21-5)6-7-13(11)17/h6-8,10,18H,9H2,1-5H3. The lowest BCUT2D eigenvalue weighted by molar-refractivity contribution is 0.330. The molecule has 0 aliphatic carbocycles. The first-order valence-corrected chi connectivity index (χ1v) is 8.00. The molecule has 0 bridgehead atoms. The minimum atomic E-state index is -0.114. The molecule has 1 atom stereocenters. The Kier molecular flexibility index (Phi) is 5.24. The molecule has 0 spiro atoms. The second-order valence-electron chi connectivity index (χ2n) is 6.27. The Morgan fingerprint density at radius 3 is 2.68 bits per heavy atom. The molecule has 0 fully saturated rings. The van der Waals surface area contributed by atoms with E-state index >= 15 is 0 Å². The summed E-state index contributed by atoms with van der Waals surface area (Å²) < 4.78 is 11.6. The van der Waals surface area contributed by atoms with Crippen molar-refractivity contribution < 1.29 is 9.26 Å². The van der Waals surface area contributed by atoms with E-state index in [0.717, 1.165) is 21.6 Å². The van der Waals surface area contributed by atoms with E-state index in [9.17, 15) is 0 Å². The number of aromatic nitrogens is 2. The summed E-state index contributed by atoms with van der Waals surface area (Å²) >= 11 is 3.55. The Hall–Kier alpha value is -1.40. The third-order valence-electron chi connectivity index (χ3n) is 3.33. The summed E-state index contributed by atoms with van der Waals surface area (Å²) in [5, 5.41) is 7.44. The molecule has 5 nitrogen and oxygen atoms in total. The highest BCUT2D eigenvalue weighted by Gasteiger charge is 2.23. The summed E-state index contributed by atoms with van der Waals surface area (Å²) in [5.74, 6) is 2.16. The molecule has 22 heavy (non-hydrogen) atoms. The number of benzene rings is 1. The monoisotopic (exact) mass is 367 g/mol. The average Bonchev–Trinajstić information content (AvgIpc) is 2.96. The second-order valence-corrected chi connectivity index (χ2v) is 7.12. The van der Waals surface area contributed by atoms with Crippen molar-refractivity contribution in [3.63, 3.8) is 0 Å². The highest BCUT2D eigenvalue weighted by molar-refractivity contribution is 9.10. The number of halogens is 1. The molecule has 2 aromatic rings. The first-order valence-electron chi connectivity index (χ1n) is 7.21. The molecule has 1 N–H and O–H groups in total. The molecule has 0 amide bonds. The zero-order valence-electron chi connectivity index (χ0n) is 13.6. The van der Waals surface area contributed by atoms with Gasteiger partial charge in [-0.2, -0.15) is 4.98 Å². The van der Waals surface area contributed by atoms with Gasteiger partial charge in [-0.3, -0.25) is 0 Å². The molecule has 0 radical (unpaired) electrons. The van der Waals surface area contributed by atoms with Gasteiger partial charge in [0.1, 0.15) is 5.75 Å². The van der Waals surface area contributed by atoms with Crippen LogP contribution in [0.3, 0.4) is 0 Å². The van der Waals surface area contributed by atoms with Crippen molar-refractivity contribution in [2.75, 3.05) is 7.11 Å². The molecular weight excluding hydrogens is 346 g/mol. The first kappa shape index (κ1) is 17.0. The van der Waals surface area contributed by atoms with Gasteiger partial charge in [-0.1, -0.05) is 41.9 Å². The van der Waals surface area contributed by atoms with Gasteiger partial charge in [-0.05, 0) is 30.7 Å². The van der Waals surface area contributed by atoms with E-state index in [4.69, 9.17) is 9.26 Å². The molecule has 120 valence electrons. The predicted octanol–water partition coefficient (Wildman–Crippen LogP) is 3.99. The van der Waals surface area contributed by atoms with Gasteiger partial charge in [0.25, 0.3) is 0 Å². The van der Waals surface area contributed by atoms with Crippen LogP contribution in [0.15, 0.2) is 27.2 Å². The van der Waals surface area contributed by atoms with Crippen LogP contribution in [0.1, 0.15) is 51.0 Å². The number of ether oxygens (including phenoxy) is 1. The first-order chi connectivity index (χ1) is 10.3. The summed E-state index contributed by atoms with van der Waals surface area (Å²) in [5.41, 5.74) is 0.999. The van der Waals surface area contributed by atoms with Gasteiger partial charge in [0.05, 0.1) is 13.2 Å². The molecule has 2 rings (SSSR count). The molecule has 0 saturated carbocycles. The van der Waals surface area contributed by atoms with Crippen molar-refractivity contribution in [2.45, 2.75) is 45.7 Å². The third-order valence-corrected chi connectivity index (χ3v) is 4.11. The maximum absolute atomic E-state index is 5.36. The van der Waals surface area contributed by atoms with Crippen molar-refractivity contribution in [3.8, 4) is 5.75 Å². The number of rotatable bonds is 5. The fourth-order valence-electron chi connectivity index (χ4n) is 1.88. The number of nitrogens with one attached hydrogen (secondary N) is 1. The van der Waals surface area contributed by atoms with Gasteiger partial charge in [0.2, 0.25) is 5.89 Å². The van der Waals surface area contributed by atoms with Crippen molar-refractivity contribution in [3.05, 3.63) is 40.0 Å². The molecular formula is C16H22BrN3O2. The number of hydrogen-bond acceptors (Lipinski definition) is 5. The second kappa shape index (κ2) is 6.79. The fourth-order valence-corrected chi connectivity index (χ4v) is 2.27. The zero-order valence-corrected chi connectivity index (χ0v) is 15.2. The highest BCUT2D eigenvalue weighted by Crippen LogP contribution is 2.24. The molecule has 6 heteroatoms. The van der Waals surface area contributed by atoms with Crippen LogP contribution >= 0.6 is 15.9 Å². The summed E-state index contributed by atoms with van der Waals surface area (Å²) in [6.45, 7) is 8.87. The van der Waals surface area contributed by atoms with Crippen LogP contribution in [0, 0.1) is 0 Å². The molecule has 1 unspecified atom stereocenters. The highest BCUT2D eigenvalue weighted by atomic mass is 79.9. The van der Waals surface area contributed by atoms with Crippen molar-refractivity contribution in [1.82, 2.24) is 15.5 Å². The van der Waals surface area contributed by atoms with Crippen LogP contribution in [-0.2, 0) is 12.0 Å². The lowest BCUT2D eigenvalue weighted by Crippen LogP contribution is -2.19. The maximum Gasteiger partial charge on any atom is 0.243 e. The topological polar surface area (TPSA) is 60.2 Å². The minimum absolute atomic E-state index is 0.0262. The minimum Gasteiger partial charge on any atom is -0.497 e. The zero-order chi connectivity index (χ0) is 16.3. The molecule has 1 heterocycles. The van der Waals surface area contributed by atoms with Crippen LogP contribution in [0.4, 0.5) is 0 Å². The number of hydrogen-bond donors (Lipinski definition) is 1. The molecule has 1 aromatic carbocycles. The van der Waals surface area contributed by atoms with Crippen LogP contribution in [-0.4, -0.2) is 17.3 Å². The van der Waals surface area contributed by atoms with E-state index in [1.165, 1.54) is 0 Å². The van der Waals surface area contributed by atoms with Gasteiger partial charge in [-0.15, -0.1) is 0 Å². The van der Waals surface area contributed by atoms with E-state index in [1.807, 2.05) is 25.1 Å². The Bertz CT molecular complexity index is 635. The van der Waals surface area contributed by atoms with Crippen molar-refractivity contribution >= 4 is 15.9 Å². The van der Waals surface area contributed by atoms with Gasteiger partial charge in [0, 0.05) is 16.4 Å². The Labute approximate surface area is 139 Å². The normalized spacial score (nSPS) is 13.2. The van der Waals surface area contributed by atoms with Gasteiger partial charge >= 0.3 is 0 Å². The summed E-state index contributed by atoms with van der Waals surface area (Å²) in [6, 6.07) is 5.87. The van der Waals surface area contributed by atoms with Crippen LogP contribution < -0.4 is 10.1 Å². The molecule has 0 aliphatic rings. The fraction of sp³-hybridized carbons (Fsp3) is 0.500. The summed E-state index contributed by atoms with van der Waals surface area (Å²) in [4.78, 5) is 4.47. The van der Waals surface area contributed by atoms with Crippen LogP contribution in [0.2, 0.25) is 0 Å². The average molecular weight is 368 g/mol. The Balaban J connectivity index is 2.04. The van der Waals surface area contributed by atoms with Crippen molar-refractivity contribution in [2.24, 2.45) is 0 Å². The van der Waals surface area contributed by atoms with E-state index in [1.54, 1.807) is 7.11 Å². The third kappa shape index (κ3) is 4.08. The van der Waals surface area contributed by atoms with Gasteiger partial charge < -0.3 is 14.6 Å². The van der Waals surface area contributed by atoms with Gasteiger partial charge in [0.15, 0.2) is 5.82 Å². The number of methoxy groups -OCH3 is 1. The molecule has 0 aliphatic heterocycles. The predicted molar refractivity (Wildman–Crippen MR) is 88.9 cm³/mol. The van der Waals surface area contributed by atoms with Crippen LogP contribution in [0.25, 0.3) is 0 Å². The number of nitrogens with zero attached hydrogens (tertiary/aromatic N) is 2. The van der Waals surface area contributed by atoms with Crippen molar-refractivity contribution in [1.29, 1.82) is 0 Å². The van der Waals surface area contributed by atoms with E-state index in [2.05, 4.69) is 52.2 Å². The largest absolute Gasteiger partial charge is 0.497 e. The van der Waals surface area contributed by atoms with E-state index in [0.29, 0.717) is 12.4 Å². The summed E-state index contributed by atoms with van der Waals surface area (Å²) in [6.07, 6.45) is 0. The van der Waals surface area contributed by atoms with Crippen LogP contribution in [0.5, 0.6) is 5.75 Å². The van der Waals surface area contributed by atoms with Gasteiger partial charge in [-0.25, -0.2) is 0 Å².